The summed E-state index contributed by atoms with van der Waals surface area (Å²) in [5, 5.41) is 3.19. The van der Waals surface area contributed by atoms with Crippen LogP contribution in [0.5, 0.6) is 0 Å². The van der Waals surface area contributed by atoms with Gasteiger partial charge in [0.15, 0.2) is 0 Å². The Morgan fingerprint density at radius 2 is 2.05 bits per heavy atom. The normalized spacial score (nSPS) is 14.6. The molecule has 7 heteroatoms. The number of halogens is 1. The standard InChI is InChI=1S/C13H19N3O3.ClH/c1-10-11(3-8-19-10)13(18)15(2)9-12(17)16-6-4-14-5-7-16;/h3,8,14H,4-7,9H2,1-2H3;1H. The van der Waals surface area contributed by atoms with Crippen LogP contribution >= 0.6 is 12.4 Å². The van der Waals surface area contributed by atoms with Crippen molar-refractivity contribution in [2.24, 2.45) is 0 Å². The van der Waals surface area contributed by atoms with Gasteiger partial charge < -0.3 is 19.5 Å². The first kappa shape index (κ1) is 16.5. The molecule has 1 aliphatic rings. The topological polar surface area (TPSA) is 65.8 Å². The lowest BCUT2D eigenvalue weighted by Crippen LogP contribution is -2.49. The minimum Gasteiger partial charge on any atom is -0.469 e. The van der Waals surface area contributed by atoms with Crippen LogP contribution in [0.3, 0.4) is 0 Å². The third-order valence-corrected chi connectivity index (χ3v) is 3.28. The molecule has 1 fully saturated rings. The van der Waals surface area contributed by atoms with Gasteiger partial charge in [0.2, 0.25) is 5.91 Å². The maximum Gasteiger partial charge on any atom is 0.257 e. The lowest BCUT2D eigenvalue weighted by molar-refractivity contribution is -0.132. The van der Waals surface area contributed by atoms with E-state index in [4.69, 9.17) is 4.42 Å². The third-order valence-electron chi connectivity index (χ3n) is 3.28. The van der Waals surface area contributed by atoms with E-state index in [1.807, 2.05) is 0 Å². The van der Waals surface area contributed by atoms with E-state index in [9.17, 15) is 9.59 Å². The number of carbonyl (C=O) groups is 2. The van der Waals surface area contributed by atoms with Crippen molar-refractivity contribution < 1.29 is 14.0 Å². The van der Waals surface area contributed by atoms with Crippen LogP contribution in [0.2, 0.25) is 0 Å². The molecule has 112 valence electrons. The number of carbonyl (C=O) groups excluding carboxylic acids is 2. The van der Waals surface area contributed by atoms with Crippen LogP contribution in [0.1, 0.15) is 16.1 Å². The minimum absolute atomic E-state index is 0. The molecule has 2 amide bonds. The molecule has 0 aromatic carbocycles. The van der Waals surface area contributed by atoms with Gasteiger partial charge in [0, 0.05) is 33.2 Å². The van der Waals surface area contributed by atoms with Crippen molar-refractivity contribution >= 4 is 24.2 Å². The lowest BCUT2D eigenvalue weighted by atomic mass is 10.2. The predicted molar refractivity (Wildman–Crippen MR) is 77.1 cm³/mol. The molecule has 2 heterocycles. The first-order valence-electron chi connectivity index (χ1n) is 6.37. The first-order chi connectivity index (χ1) is 9.09. The van der Waals surface area contributed by atoms with Gasteiger partial charge in [-0.1, -0.05) is 0 Å². The number of nitrogens with zero attached hydrogens (tertiary/aromatic N) is 2. The Morgan fingerprint density at radius 1 is 1.40 bits per heavy atom. The summed E-state index contributed by atoms with van der Waals surface area (Å²) in [5.41, 5.74) is 0.510. The molecular weight excluding hydrogens is 282 g/mol. The van der Waals surface area contributed by atoms with Crippen LogP contribution in [0, 0.1) is 6.92 Å². The molecule has 0 saturated carbocycles. The summed E-state index contributed by atoms with van der Waals surface area (Å²) in [6.45, 7) is 4.86. The van der Waals surface area contributed by atoms with Gasteiger partial charge in [-0.15, -0.1) is 12.4 Å². The second-order valence-electron chi connectivity index (χ2n) is 4.68. The Bertz CT molecular complexity index is 469. The molecule has 0 spiro atoms. The van der Waals surface area contributed by atoms with Gasteiger partial charge in [-0.25, -0.2) is 0 Å². The highest BCUT2D eigenvalue weighted by molar-refractivity contribution is 5.97. The molecule has 0 bridgehead atoms. The molecule has 2 rings (SSSR count). The van der Waals surface area contributed by atoms with Crippen LogP contribution in [-0.4, -0.2) is 61.4 Å². The summed E-state index contributed by atoms with van der Waals surface area (Å²) in [4.78, 5) is 27.4. The first-order valence-corrected chi connectivity index (χ1v) is 6.37. The van der Waals surface area contributed by atoms with E-state index >= 15 is 0 Å². The van der Waals surface area contributed by atoms with Crippen molar-refractivity contribution in [3.05, 3.63) is 23.7 Å². The van der Waals surface area contributed by atoms with E-state index in [1.165, 1.54) is 11.2 Å². The molecule has 1 aliphatic heterocycles. The van der Waals surface area contributed by atoms with Crippen molar-refractivity contribution in [1.82, 2.24) is 15.1 Å². The zero-order chi connectivity index (χ0) is 13.8. The van der Waals surface area contributed by atoms with Crippen molar-refractivity contribution in [2.75, 3.05) is 39.8 Å². The Kier molecular flexibility index (Phi) is 6.04. The summed E-state index contributed by atoms with van der Waals surface area (Å²) in [6.07, 6.45) is 1.48. The highest BCUT2D eigenvalue weighted by Crippen LogP contribution is 2.11. The van der Waals surface area contributed by atoms with E-state index in [0.717, 1.165) is 13.1 Å². The second-order valence-corrected chi connectivity index (χ2v) is 4.68. The lowest BCUT2D eigenvalue weighted by Gasteiger charge is -2.29. The van der Waals surface area contributed by atoms with Gasteiger partial charge >= 0.3 is 0 Å². The molecule has 0 unspecified atom stereocenters. The monoisotopic (exact) mass is 301 g/mol. The van der Waals surface area contributed by atoms with Crippen molar-refractivity contribution in [1.29, 1.82) is 0 Å². The van der Waals surface area contributed by atoms with E-state index in [-0.39, 0.29) is 30.8 Å². The van der Waals surface area contributed by atoms with Gasteiger partial charge in [0.05, 0.1) is 18.4 Å². The quantitative estimate of drug-likeness (QED) is 0.884. The maximum absolute atomic E-state index is 12.1. The Morgan fingerprint density at radius 3 is 2.60 bits per heavy atom. The van der Waals surface area contributed by atoms with Gasteiger partial charge in [-0.05, 0) is 13.0 Å². The van der Waals surface area contributed by atoms with E-state index in [0.29, 0.717) is 24.4 Å². The molecule has 6 nitrogen and oxygen atoms in total. The fourth-order valence-electron chi connectivity index (χ4n) is 2.10. The van der Waals surface area contributed by atoms with Crippen molar-refractivity contribution in [3.8, 4) is 0 Å². The largest absolute Gasteiger partial charge is 0.469 e. The number of amides is 2. The summed E-state index contributed by atoms with van der Waals surface area (Å²) < 4.78 is 5.11. The second kappa shape index (κ2) is 7.31. The third kappa shape index (κ3) is 3.74. The summed E-state index contributed by atoms with van der Waals surface area (Å²) in [6, 6.07) is 1.63. The van der Waals surface area contributed by atoms with Gasteiger partial charge in [0.25, 0.3) is 5.91 Å². The highest BCUT2D eigenvalue weighted by atomic mass is 35.5. The predicted octanol–water partition coefficient (Wildman–Crippen LogP) is 0.514. The zero-order valence-electron chi connectivity index (χ0n) is 11.7. The van der Waals surface area contributed by atoms with E-state index in [2.05, 4.69) is 5.32 Å². The van der Waals surface area contributed by atoms with Crippen LogP contribution in [0.15, 0.2) is 16.7 Å². The SMILES string of the molecule is Cc1occc1C(=O)N(C)CC(=O)N1CCNCC1.Cl. The van der Waals surface area contributed by atoms with Gasteiger partial charge in [-0.2, -0.15) is 0 Å². The van der Waals surface area contributed by atoms with Crippen LogP contribution in [-0.2, 0) is 4.79 Å². The minimum atomic E-state index is -0.185. The number of rotatable bonds is 3. The fraction of sp³-hybridized carbons (Fsp3) is 0.538. The number of aryl methyl sites for hydroxylation is 1. The number of furan rings is 1. The Labute approximate surface area is 124 Å². The number of piperazine rings is 1. The van der Waals surface area contributed by atoms with E-state index in [1.54, 1.807) is 24.9 Å². The van der Waals surface area contributed by atoms with Crippen molar-refractivity contribution in [2.45, 2.75) is 6.92 Å². The molecule has 0 aliphatic carbocycles. The zero-order valence-corrected chi connectivity index (χ0v) is 12.5. The number of hydrogen-bond acceptors (Lipinski definition) is 4. The fourth-order valence-corrected chi connectivity index (χ4v) is 2.10. The van der Waals surface area contributed by atoms with Crippen LogP contribution < -0.4 is 5.32 Å². The Hall–Kier alpha value is -1.53. The maximum atomic E-state index is 12.1. The van der Waals surface area contributed by atoms with Crippen LogP contribution in [0.25, 0.3) is 0 Å². The van der Waals surface area contributed by atoms with Gasteiger partial charge in [0.1, 0.15) is 5.76 Å². The van der Waals surface area contributed by atoms with E-state index < -0.39 is 0 Å². The molecule has 1 aromatic heterocycles. The molecule has 1 saturated heterocycles. The average Bonchev–Trinajstić information content (AvgIpc) is 2.85. The van der Waals surface area contributed by atoms with Crippen LogP contribution in [0.4, 0.5) is 0 Å². The number of nitrogens with one attached hydrogen (secondary N) is 1. The Balaban J connectivity index is 0.00000200. The molecule has 0 radical (unpaired) electrons. The number of likely N-dealkylation sites (N-methyl/N-ethyl adjacent to an activating group) is 1. The van der Waals surface area contributed by atoms with Gasteiger partial charge in [-0.3, -0.25) is 9.59 Å². The molecular formula is C13H20ClN3O3. The smallest absolute Gasteiger partial charge is 0.257 e. The molecule has 1 aromatic rings. The molecule has 1 N–H and O–H groups in total. The van der Waals surface area contributed by atoms with Crippen molar-refractivity contribution in [3.63, 3.8) is 0 Å². The summed E-state index contributed by atoms with van der Waals surface area (Å²) in [7, 11) is 1.63. The molecule has 0 atom stereocenters. The summed E-state index contributed by atoms with van der Waals surface area (Å²) in [5.74, 6) is 0.375. The average molecular weight is 302 g/mol. The molecule has 20 heavy (non-hydrogen) atoms. The number of hydrogen-bond donors (Lipinski definition) is 1. The summed E-state index contributed by atoms with van der Waals surface area (Å²) >= 11 is 0. The highest BCUT2D eigenvalue weighted by Gasteiger charge is 2.22.